The third kappa shape index (κ3) is 1.45. The van der Waals surface area contributed by atoms with Crippen molar-refractivity contribution in [1.29, 1.82) is 0 Å². The monoisotopic (exact) mass is 264 g/mol. The third-order valence-electron chi connectivity index (χ3n) is 3.28. The maximum atomic E-state index is 11.1. The molecule has 96 valence electrons. The number of aromatic amines is 1. The molecular formula is C14H8N4O2. The zero-order valence-electron chi connectivity index (χ0n) is 10.2. The van der Waals surface area contributed by atoms with Crippen LogP contribution in [0.2, 0.25) is 0 Å². The summed E-state index contributed by atoms with van der Waals surface area (Å²) < 4.78 is 0. The number of hydrogen-bond acceptors (Lipinski definition) is 4. The molecular weight excluding hydrogens is 256 g/mol. The summed E-state index contributed by atoms with van der Waals surface area (Å²) in [7, 11) is 0. The summed E-state index contributed by atoms with van der Waals surface area (Å²) in [4.78, 5) is 26.7. The minimum Gasteiger partial charge on any atom is -0.477 e. The highest BCUT2D eigenvalue weighted by atomic mass is 16.4. The van der Waals surface area contributed by atoms with Gasteiger partial charge >= 0.3 is 5.97 Å². The lowest BCUT2D eigenvalue weighted by atomic mass is 10.1. The van der Waals surface area contributed by atoms with E-state index in [0.717, 1.165) is 16.3 Å². The molecule has 4 aromatic rings. The minimum absolute atomic E-state index is 0.125. The second kappa shape index (κ2) is 3.74. The van der Waals surface area contributed by atoms with E-state index in [4.69, 9.17) is 5.11 Å². The van der Waals surface area contributed by atoms with Crippen LogP contribution < -0.4 is 0 Å². The van der Waals surface area contributed by atoms with Crippen LogP contribution in [0, 0.1) is 0 Å². The average Bonchev–Trinajstić information content (AvgIpc) is 2.91. The number of nitrogens with zero attached hydrogens (tertiary/aromatic N) is 3. The number of hydrogen-bond donors (Lipinski definition) is 2. The SMILES string of the molecule is O=C(O)c1ccc2ccc3cc4ncnc4nc3c2[nH]1. The number of carboxylic acids is 1. The fourth-order valence-electron chi connectivity index (χ4n) is 2.32. The highest BCUT2D eigenvalue weighted by molar-refractivity contribution is 6.06. The Hall–Kier alpha value is -3.02. The van der Waals surface area contributed by atoms with E-state index in [2.05, 4.69) is 19.9 Å². The molecule has 0 amide bonds. The van der Waals surface area contributed by atoms with Gasteiger partial charge in [0.25, 0.3) is 0 Å². The summed E-state index contributed by atoms with van der Waals surface area (Å²) in [6.45, 7) is 0. The van der Waals surface area contributed by atoms with Crippen molar-refractivity contribution in [2.75, 3.05) is 0 Å². The third-order valence-corrected chi connectivity index (χ3v) is 3.28. The van der Waals surface area contributed by atoms with Crippen molar-refractivity contribution in [2.24, 2.45) is 0 Å². The first-order valence-electron chi connectivity index (χ1n) is 5.99. The number of imidazole rings is 1. The molecule has 6 nitrogen and oxygen atoms in total. The van der Waals surface area contributed by atoms with Gasteiger partial charge < -0.3 is 10.1 Å². The molecule has 0 aliphatic carbocycles. The van der Waals surface area contributed by atoms with Crippen LogP contribution in [-0.4, -0.2) is 31.0 Å². The number of H-pyrrole nitrogens is 1. The zero-order valence-corrected chi connectivity index (χ0v) is 10.2. The topological polar surface area (TPSA) is 91.8 Å². The van der Waals surface area contributed by atoms with Gasteiger partial charge in [0.1, 0.15) is 17.5 Å². The Kier molecular flexibility index (Phi) is 2.03. The lowest BCUT2D eigenvalue weighted by Gasteiger charge is -2.05. The van der Waals surface area contributed by atoms with Crippen molar-refractivity contribution in [3.63, 3.8) is 0 Å². The van der Waals surface area contributed by atoms with Crippen LogP contribution >= 0.6 is 0 Å². The molecule has 0 spiro atoms. The number of benzene rings is 1. The lowest BCUT2D eigenvalue weighted by Crippen LogP contribution is -2.00. The first-order valence-corrected chi connectivity index (χ1v) is 5.99. The summed E-state index contributed by atoms with van der Waals surface area (Å²) in [5.74, 6) is -1.00. The molecule has 2 N–H and O–H groups in total. The van der Waals surface area contributed by atoms with E-state index < -0.39 is 5.97 Å². The van der Waals surface area contributed by atoms with Crippen LogP contribution in [0.15, 0.2) is 36.7 Å². The number of carbonyl (C=O) groups is 1. The van der Waals surface area contributed by atoms with Gasteiger partial charge in [0.2, 0.25) is 0 Å². The quantitative estimate of drug-likeness (QED) is 0.515. The van der Waals surface area contributed by atoms with Crippen molar-refractivity contribution in [3.05, 3.63) is 42.4 Å². The second-order valence-electron chi connectivity index (χ2n) is 4.48. The van der Waals surface area contributed by atoms with Crippen LogP contribution in [0.3, 0.4) is 0 Å². The molecule has 3 aromatic heterocycles. The van der Waals surface area contributed by atoms with E-state index in [1.54, 1.807) is 6.07 Å². The van der Waals surface area contributed by atoms with Crippen LogP contribution in [0.25, 0.3) is 33.0 Å². The van der Waals surface area contributed by atoms with Crippen LogP contribution in [0.5, 0.6) is 0 Å². The second-order valence-corrected chi connectivity index (χ2v) is 4.48. The molecule has 0 aliphatic heterocycles. The summed E-state index contributed by atoms with van der Waals surface area (Å²) >= 11 is 0. The Labute approximate surface area is 112 Å². The number of nitrogens with one attached hydrogen (secondary N) is 1. The molecule has 0 aliphatic rings. The molecule has 0 saturated heterocycles. The highest BCUT2D eigenvalue weighted by Crippen LogP contribution is 2.24. The van der Waals surface area contributed by atoms with Crippen LogP contribution in [-0.2, 0) is 0 Å². The van der Waals surface area contributed by atoms with Gasteiger partial charge in [-0.2, -0.15) is 0 Å². The predicted octanol–water partition coefficient (Wildman–Crippen LogP) is 2.36. The molecule has 1 aromatic carbocycles. The molecule has 6 heteroatoms. The fourth-order valence-corrected chi connectivity index (χ4v) is 2.32. The van der Waals surface area contributed by atoms with Crippen LogP contribution in [0.1, 0.15) is 10.5 Å². The van der Waals surface area contributed by atoms with E-state index in [1.165, 1.54) is 12.4 Å². The number of rotatable bonds is 1. The maximum absolute atomic E-state index is 11.1. The smallest absolute Gasteiger partial charge is 0.352 e. The fraction of sp³-hybridized carbons (Fsp3) is 0. The first-order chi connectivity index (χ1) is 9.72. The first kappa shape index (κ1) is 10.9. The number of aromatic carboxylic acids is 1. The molecule has 0 bridgehead atoms. The average molecular weight is 264 g/mol. The Balaban J connectivity index is 2.19. The molecule has 0 atom stereocenters. The lowest BCUT2D eigenvalue weighted by molar-refractivity contribution is 0.0691. The number of aromatic nitrogens is 4. The number of carboxylic acid groups (broad SMARTS) is 1. The van der Waals surface area contributed by atoms with Crippen molar-refractivity contribution < 1.29 is 9.90 Å². The zero-order chi connectivity index (χ0) is 13.7. The van der Waals surface area contributed by atoms with Crippen molar-refractivity contribution >= 4 is 38.9 Å². The normalized spacial score (nSPS) is 11.4. The molecule has 4 rings (SSSR count). The molecule has 0 saturated carbocycles. The van der Waals surface area contributed by atoms with Gasteiger partial charge in [-0.3, -0.25) is 0 Å². The predicted molar refractivity (Wildman–Crippen MR) is 73.7 cm³/mol. The van der Waals surface area contributed by atoms with Gasteiger partial charge in [0.15, 0.2) is 5.65 Å². The minimum atomic E-state index is -1.00. The Morgan fingerprint density at radius 2 is 1.90 bits per heavy atom. The highest BCUT2D eigenvalue weighted by Gasteiger charge is 2.09. The van der Waals surface area contributed by atoms with Gasteiger partial charge in [-0.1, -0.05) is 18.2 Å². The van der Waals surface area contributed by atoms with E-state index in [-0.39, 0.29) is 5.69 Å². The van der Waals surface area contributed by atoms with Crippen molar-refractivity contribution in [2.45, 2.75) is 0 Å². The molecule has 0 fully saturated rings. The Morgan fingerprint density at radius 3 is 2.75 bits per heavy atom. The van der Waals surface area contributed by atoms with E-state index in [9.17, 15) is 4.79 Å². The molecule has 20 heavy (non-hydrogen) atoms. The Morgan fingerprint density at radius 1 is 1.10 bits per heavy atom. The van der Waals surface area contributed by atoms with Gasteiger partial charge in [0.05, 0.1) is 11.0 Å². The molecule has 0 radical (unpaired) electrons. The van der Waals surface area contributed by atoms with Gasteiger partial charge in [-0.25, -0.2) is 19.7 Å². The number of fused-ring (bicyclic) bond motifs is 4. The van der Waals surface area contributed by atoms with E-state index >= 15 is 0 Å². The summed E-state index contributed by atoms with van der Waals surface area (Å²) in [6, 6.07) is 9.05. The van der Waals surface area contributed by atoms with E-state index in [1.807, 2.05) is 18.2 Å². The molecule has 3 heterocycles. The summed E-state index contributed by atoms with van der Waals surface area (Å²) in [6.07, 6.45) is 1.46. The van der Waals surface area contributed by atoms with Gasteiger partial charge in [-0.05, 0) is 12.1 Å². The largest absolute Gasteiger partial charge is 0.477 e. The van der Waals surface area contributed by atoms with E-state index in [0.29, 0.717) is 16.7 Å². The number of pyridine rings is 2. The molecule has 0 unspecified atom stereocenters. The summed E-state index contributed by atoms with van der Waals surface area (Å²) in [5.41, 5.74) is 2.79. The summed E-state index contributed by atoms with van der Waals surface area (Å²) in [5, 5.41) is 10.9. The standard InChI is InChI=1S/C14H8N4O2/c19-14(20)9-4-3-7-1-2-8-5-10-13(16-6-15-10)18-12(8)11(7)17-9/h1-6,17H,(H,19,20). The van der Waals surface area contributed by atoms with Gasteiger partial charge in [0, 0.05) is 10.8 Å². The Bertz CT molecular complexity index is 990. The van der Waals surface area contributed by atoms with Gasteiger partial charge in [-0.15, -0.1) is 0 Å². The van der Waals surface area contributed by atoms with Crippen molar-refractivity contribution in [1.82, 2.24) is 19.9 Å². The van der Waals surface area contributed by atoms with Crippen LogP contribution in [0.4, 0.5) is 0 Å². The maximum Gasteiger partial charge on any atom is 0.352 e. The van der Waals surface area contributed by atoms with Crippen molar-refractivity contribution in [3.8, 4) is 0 Å².